The molecule has 0 amide bonds. The molecular weight excluding hydrogens is 184 g/mol. The molecule has 0 radical (unpaired) electrons. The fraction of sp³-hybridized carbons (Fsp3) is 0.500. The van der Waals surface area contributed by atoms with E-state index in [4.69, 9.17) is 0 Å². The van der Waals surface area contributed by atoms with Crippen molar-refractivity contribution in [1.82, 2.24) is 0 Å². The van der Waals surface area contributed by atoms with Gasteiger partial charge in [0.1, 0.15) is 0 Å². The summed E-state index contributed by atoms with van der Waals surface area (Å²) in [5.74, 6) is 0. The second-order valence-corrected chi connectivity index (χ2v) is 3.50. The van der Waals surface area contributed by atoms with Crippen molar-refractivity contribution in [3.8, 4) is 0 Å². The maximum absolute atomic E-state index is 10.7. The Labute approximate surface area is 84.0 Å². The molecule has 0 saturated carbocycles. The van der Waals surface area contributed by atoms with E-state index in [1.54, 1.807) is 5.41 Å². The van der Waals surface area contributed by atoms with Gasteiger partial charge in [0.05, 0.1) is 7.11 Å². The van der Waals surface area contributed by atoms with E-state index in [1.807, 2.05) is 12.2 Å². The maximum atomic E-state index is 10.7. The Bertz CT molecular complexity index is 207. The van der Waals surface area contributed by atoms with Crippen LogP contribution in [0.2, 0.25) is 0 Å². The summed E-state index contributed by atoms with van der Waals surface area (Å²) >= 11 is 1.05. The van der Waals surface area contributed by atoms with E-state index in [0.29, 0.717) is 0 Å². The van der Waals surface area contributed by atoms with E-state index < -0.39 is 0 Å². The van der Waals surface area contributed by atoms with Gasteiger partial charge in [-0.15, -0.1) is 0 Å². The van der Waals surface area contributed by atoms with Crippen LogP contribution in [0.25, 0.3) is 0 Å². The van der Waals surface area contributed by atoms with Crippen LogP contribution in [0, 0.1) is 0 Å². The first-order chi connectivity index (χ1) is 6.20. The molecule has 0 atom stereocenters. The molecule has 0 bridgehead atoms. The van der Waals surface area contributed by atoms with E-state index >= 15 is 0 Å². The number of allylic oxidation sites excluding steroid dienone is 3. The highest BCUT2D eigenvalue weighted by Gasteiger charge is 1.93. The highest BCUT2D eigenvalue weighted by molar-refractivity contribution is 8.15. The third-order valence-corrected chi connectivity index (χ3v) is 2.09. The van der Waals surface area contributed by atoms with Crippen LogP contribution < -0.4 is 0 Å². The van der Waals surface area contributed by atoms with Gasteiger partial charge in [-0.05, 0) is 30.5 Å². The van der Waals surface area contributed by atoms with Crippen LogP contribution >= 0.6 is 11.8 Å². The molecule has 0 heterocycles. The van der Waals surface area contributed by atoms with Crippen molar-refractivity contribution < 1.29 is 9.53 Å². The molecule has 0 aliphatic rings. The zero-order valence-electron chi connectivity index (χ0n) is 8.37. The zero-order valence-corrected chi connectivity index (χ0v) is 9.19. The number of carbonyl (C=O) groups excluding carboxylic acids is 1. The lowest BCUT2D eigenvalue weighted by atomic mass is 10.2. The number of thioether (sulfide) groups is 1. The lowest BCUT2D eigenvalue weighted by molar-refractivity contribution is 0.200. The van der Waals surface area contributed by atoms with E-state index in [-0.39, 0.29) is 5.30 Å². The van der Waals surface area contributed by atoms with Gasteiger partial charge >= 0.3 is 5.30 Å². The van der Waals surface area contributed by atoms with Gasteiger partial charge in [0, 0.05) is 0 Å². The van der Waals surface area contributed by atoms with E-state index in [0.717, 1.165) is 24.6 Å². The van der Waals surface area contributed by atoms with Gasteiger partial charge in [0.25, 0.3) is 0 Å². The van der Waals surface area contributed by atoms with Crippen LogP contribution in [0.15, 0.2) is 23.1 Å². The number of hydrogen-bond acceptors (Lipinski definition) is 3. The largest absolute Gasteiger partial charge is 0.461 e. The molecule has 0 saturated heterocycles. The van der Waals surface area contributed by atoms with Crippen LogP contribution in [-0.2, 0) is 4.74 Å². The number of hydrogen-bond donors (Lipinski definition) is 0. The Hall–Kier alpha value is -0.700. The molecule has 3 heteroatoms. The molecule has 2 nitrogen and oxygen atoms in total. The highest BCUT2D eigenvalue weighted by atomic mass is 32.2. The maximum Gasteiger partial charge on any atom is 0.371 e. The molecule has 0 aromatic heterocycles. The van der Waals surface area contributed by atoms with E-state index in [1.165, 1.54) is 12.7 Å². The topological polar surface area (TPSA) is 26.3 Å². The van der Waals surface area contributed by atoms with Crippen molar-refractivity contribution in [3.05, 3.63) is 23.1 Å². The lowest BCUT2D eigenvalue weighted by Crippen LogP contribution is -1.86. The summed E-state index contributed by atoms with van der Waals surface area (Å²) in [5, 5.41) is 1.45. The monoisotopic (exact) mass is 200 g/mol. The average Bonchev–Trinajstić information content (AvgIpc) is 2.12. The fourth-order valence-corrected chi connectivity index (χ4v) is 1.19. The van der Waals surface area contributed by atoms with Crippen molar-refractivity contribution in [2.24, 2.45) is 0 Å². The van der Waals surface area contributed by atoms with E-state index in [2.05, 4.69) is 18.6 Å². The van der Waals surface area contributed by atoms with E-state index in [9.17, 15) is 4.79 Å². The van der Waals surface area contributed by atoms with Gasteiger partial charge in [-0.25, -0.2) is 4.79 Å². The third-order valence-electron chi connectivity index (χ3n) is 1.43. The quantitative estimate of drug-likeness (QED) is 0.510. The molecule has 0 aliphatic heterocycles. The number of methoxy groups -OCH3 is 1. The van der Waals surface area contributed by atoms with Gasteiger partial charge in [0.2, 0.25) is 0 Å². The minimum atomic E-state index is -0.280. The summed E-state index contributed by atoms with van der Waals surface area (Å²) < 4.78 is 4.46. The van der Waals surface area contributed by atoms with Gasteiger partial charge in [-0.2, -0.15) is 0 Å². The van der Waals surface area contributed by atoms with Crippen LogP contribution in [0.3, 0.4) is 0 Å². The standard InChI is InChI=1S/C10H16O2S/c1-4-6-9(2)7-5-8-13-10(11)12-3/h5,7-8H,4,6H2,1-3H3. The molecule has 13 heavy (non-hydrogen) atoms. The fourth-order valence-electron chi connectivity index (χ4n) is 0.824. The number of ether oxygens (including phenoxy) is 1. The predicted molar refractivity (Wildman–Crippen MR) is 57.8 cm³/mol. The summed E-state index contributed by atoms with van der Waals surface area (Å²) in [6.07, 6.45) is 6.14. The Morgan fingerprint density at radius 1 is 1.54 bits per heavy atom. The van der Waals surface area contributed by atoms with Crippen LogP contribution in [0.1, 0.15) is 26.7 Å². The molecule has 0 rings (SSSR count). The molecule has 0 unspecified atom stereocenters. The minimum absolute atomic E-state index is 0.280. The van der Waals surface area contributed by atoms with Gasteiger partial charge in [-0.1, -0.05) is 31.1 Å². The Kier molecular flexibility index (Phi) is 7.50. The summed E-state index contributed by atoms with van der Waals surface area (Å²) in [7, 11) is 1.38. The normalized spacial score (nSPS) is 12.1. The SMILES string of the molecule is CCCC(C)=CC=CSC(=O)OC. The Balaban J connectivity index is 3.73. The molecule has 0 aromatic carbocycles. The first kappa shape index (κ1) is 12.3. The second kappa shape index (κ2) is 7.92. The lowest BCUT2D eigenvalue weighted by Gasteiger charge is -1.93. The van der Waals surface area contributed by atoms with Crippen molar-refractivity contribution in [2.45, 2.75) is 26.7 Å². The average molecular weight is 200 g/mol. The molecule has 0 fully saturated rings. The smallest absolute Gasteiger partial charge is 0.371 e. The summed E-state index contributed by atoms with van der Waals surface area (Å²) in [5.41, 5.74) is 1.32. The summed E-state index contributed by atoms with van der Waals surface area (Å²) in [6.45, 7) is 4.22. The summed E-state index contributed by atoms with van der Waals surface area (Å²) in [6, 6.07) is 0. The van der Waals surface area contributed by atoms with Crippen molar-refractivity contribution in [3.63, 3.8) is 0 Å². The van der Waals surface area contributed by atoms with Crippen LogP contribution in [-0.4, -0.2) is 12.4 Å². The third kappa shape index (κ3) is 7.65. The Morgan fingerprint density at radius 2 is 2.23 bits per heavy atom. The highest BCUT2D eigenvalue weighted by Crippen LogP contribution is 2.08. The molecule has 74 valence electrons. The molecule has 0 aromatic rings. The summed E-state index contributed by atoms with van der Waals surface area (Å²) in [4.78, 5) is 10.7. The Morgan fingerprint density at radius 3 is 2.77 bits per heavy atom. The molecule has 0 aliphatic carbocycles. The second-order valence-electron chi connectivity index (χ2n) is 2.66. The molecule has 0 N–H and O–H groups in total. The zero-order chi connectivity index (χ0) is 10.1. The van der Waals surface area contributed by atoms with Crippen molar-refractivity contribution >= 4 is 17.1 Å². The van der Waals surface area contributed by atoms with Gasteiger partial charge < -0.3 is 4.74 Å². The predicted octanol–water partition coefficient (Wildman–Crippen LogP) is 3.75. The van der Waals surface area contributed by atoms with Gasteiger partial charge in [0.15, 0.2) is 0 Å². The minimum Gasteiger partial charge on any atom is -0.461 e. The molecule has 0 spiro atoms. The van der Waals surface area contributed by atoms with Crippen LogP contribution in [0.5, 0.6) is 0 Å². The first-order valence-corrected chi connectivity index (χ1v) is 5.15. The first-order valence-electron chi connectivity index (χ1n) is 4.27. The van der Waals surface area contributed by atoms with Crippen LogP contribution in [0.4, 0.5) is 4.79 Å². The number of carbonyl (C=O) groups is 1. The van der Waals surface area contributed by atoms with Crippen molar-refractivity contribution in [1.29, 1.82) is 0 Å². The van der Waals surface area contributed by atoms with Crippen molar-refractivity contribution in [2.75, 3.05) is 7.11 Å². The molecular formula is C10H16O2S. The number of rotatable bonds is 4. The van der Waals surface area contributed by atoms with Gasteiger partial charge in [-0.3, -0.25) is 0 Å².